The maximum Gasteiger partial charge on any atom is 0.326 e. The minimum atomic E-state index is -1.10. The number of esters is 1. The van der Waals surface area contributed by atoms with Crippen LogP contribution in [-0.4, -0.2) is 48.8 Å². The van der Waals surface area contributed by atoms with Crippen molar-refractivity contribution in [3.63, 3.8) is 0 Å². The SMILES string of the molecule is CCCCCCCCCCCCOCCC(NC(=O)CCC(=O)OCCC)C(=O)O. The Morgan fingerprint density at radius 2 is 1.37 bits per heavy atom. The predicted molar refractivity (Wildman–Crippen MR) is 117 cm³/mol. The molecule has 0 spiro atoms. The highest BCUT2D eigenvalue weighted by Gasteiger charge is 2.20. The molecule has 0 aliphatic heterocycles. The van der Waals surface area contributed by atoms with Crippen LogP contribution in [0.5, 0.6) is 0 Å². The fraction of sp³-hybridized carbons (Fsp3) is 0.870. The van der Waals surface area contributed by atoms with Gasteiger partial charge in [-0.1, -0.05) is 71.6 Å². The molecule has 30 heavy (non-hydrogen) atoms. The summed E-state index contributed by atoms with van der Waals surface area (Å²) < 4.78 is 10.4. The molecule has 2 N–H and O–H groups in total. The molecule has 0 heterocycles. The first-order valence-electron chi connectivity index (χ1n) is 11.8. The van der Waals surface area contributed by atoms with Crippen LogP contribution in [0.3, 0.4) is 0 Å². The number of carboxylic acid groups (broad SMARTS) is 1. The third-order valence-corrected chi connectivity index (χ3v) is 4.85. The second-order valence-electron chi connectivity index (χ2n) is 7.76. The number of aliphatic carboxylic acids is 1. The quantitative estimate of drug-likeness (QED) is 0.204. The molecule has 0 saturated heterocycles. The van der Waals surface area contributed by atoms with Crippen molar-refractivity contribution >= 4 is 17.8 Å². The molecule has 7 heteroatoms. The summed E-state index contributed by atoms with van der Waals surface area (Å²) in [5, 5.41) is 11.7. The van der Waals surface area contributed by atoms with Gasteiger partial charge in [-0.3, -0.25) is 9.59 Å². The van der Waals surface area contributed by atoms with Crippen LogP contribution >= 0.6 is 0 Å². The van der Waals surface area contributed by atoms with Gasteiger partial charge in [0.05, 0.1) is 13.0 Å². The Morgan fingerprint density at radius 1 is 0.767 bits per heavy atom. The number of hydrogen-bond acceptors (Lipinski definition) is 5. The van der Waals surface area contributed by atoms with E-state index >= 15 is 0 Å². The second kappa shape index (κ2) is 20.6. The van der Waals surface area contributed by atoms with Crippen molar-refractivity contribution in [2.75, 3.05) is 19.8 Å². The molecule has 0 rings (SSSR count). The Morgan fingerprint density at radius 3 is 1.93 bits per heavy atom. The zero-order valence-electron chi connectivity index (χ0n) is 19.1. The Hall–Kier alpha value is -1.63. The maximum atomic E-state index is 11.8. The number of unbranched alkanes of at least 4 members (excludes halogenated alkanes) is 9. The number of carbonyl (C=O) groups is 3. The maximum absolute atomic E-state index is 11.8. The number of nitrogens with one attached hydrogen (secondary N) is 1. The average Bonchev–Trinajstić information content (AvgIpc) is 2.72. The first kappa shape index (κ1) is 28.4. The lowest BCUT2D eigenvalue weighted by molar-refractivity contribution is -0.145. The zero-order valence-corrected chi connectivity index (χ0v) is 19.1. The second-order valence-corrected chi connectivity index (χ2v) is 7.76. The highest BCUT2D eigenvalue weighted by atomic mass is 16.5. The lowest BCUT2D eigenvalue weighted by atomic mass is 10.1. The summed E-state index contributed by atoms with van der Waals surface area (Å²) in [5.41, 5.74) is 0. The van der Waals surface area contributed by atoms with Crippen LogP contribution in [0.4, 0.5) is 0 Å². The van der Waals surface area contributed by atoms with Gasteiger partial charge in [0.2, 0.25) is 5.91 Å². The van der Waals surface area contributed by atoms with Gasteiger partial charge in [-0.05, 0) is 12.8 Å². The molecule has 0 radical (unpaired) electrons. The van der Waals surface area contributed by atoms with Crippen molar-refractivity contribution in [2.45, 2.75) is 110 Å². The monoisotopic (exact) mass is 429 g/mol. The van der Waals surface area contributed by atoms with Crippen LogP contribution in [0.25, 0.3) is 0 Å². The fourth-order valence-electron chi connectivity index (χ4n) is 3.02. The highest BCUT2D eigenvalue weighted by Crippen LogP contribution is 2.10. The van der Waals surface area contributed by atoms with Gasteiger partial charge in [-0.15, -0.1) is 0 Å². The van der Waals surface area contributed by atoms with Crippen LogP contribution < -0.4 is 5.32 Å². The molecule has 0 aliphatic rings. The van der Waals surface area contributed by atoms with E-state index in [0.29, 0.717) is 13.2 Å². The molecule has 1 amide bonds. The van der Waals surface area contributed by atoms with Gasteiger partial charge in [0.1, 0.15) is 6.04 Å². The van der Waals surface area contributed by atoms with Gasteiger partial charge in [-0.25, -0.2) is 4.79 Å². The summed E-state index contributed by atoms with van der Waals surface area (Å²) in [5.74, 6) is -2.01. The number of rotatable bonds is 21. The lowest BCUT2D eigenvalue weighted by Crippen LogP contribution is -2.41. The third kappa shape index (κ3) is 18.4. The van der Waals surface area contributed by atoms with Crippen molar-refractivity contribution in [3.8, 4) is 0 Å². The van der Waals surface area contributed by atoms with Crippen molar-refractivity contribution in [1.82, 2.24) is 5.32 Å². The van der Waals surface area contributed by atoms with Gasteiger partial charge in [0.25, 0.3) is 0 Å². The van der Waals surface area contributed by atoms with Crippen molar-refractivity contribution in [3.05, 3.63) is 0 Å². The van der Waals surface area contributed by atoms with Crippen LogP contribution in [0, 0.1) is 0 Å². The minimum absolute atomic E-state index is 0.0482. The summed E-state index contributed by atoms with van der Waals surface area (Å²) in [4.78, 5) is 34.5. The number of hydrogen-bond donors (Lipinski definition) is 2. The van der Waals surface area contributed by atoms with Crippen LogP contribution in [0.15, 0.2) is 0 Å². The molecule has 0 bridgehead atoms. The van der Waals surface area contributed by atoms with Crippen molar-refractivity contribution in [1.29, 1.82) is 0 Å². The Balaban J connectivity index is 3.69. The van der Waals surface area contributed by atoms with E-state index in [-0.39, 0.29) is 25.9 Å². The average molecular weight is 430 g/mol. The summed E-state index contributed by atoms with van der Waals surface area (Å²) in [6, 6.07) is -1.00. The van der Waals surface area contributed by atoms with Gasteiger partial charge in [0, 0.05) is 26.1 Å². The van der Waals surface area contributed by atoms with Gasteiger partial charge in [0.15, 0.2) is 0 Å². The molecule has 0 aromatic carbocycles. The molecule has 0 saturated carbocycles. The molecular weight excluding hydrogens is 386 g/mol. The van der Waals surface area contributed by atoms with E-state index in [1.165, 1.54) is 51.4 Å². The van der Waals surface area contributed by atoms with E-state index < -0.39 is 23.9 Å². The molecule has 0 aromatic rings. The van der Waals surface area contributed by atoms with Gasteiger partial charge < -0.3 is 19.9 Å². The van der Waals surface area contributed by atoms with Gasteiger partial charge >= 0.3 is 11.9 Å². The largest absolute Gasteiger partial charge is 0.480 e. The molecule has 176 valence electrons. The predicted octanol–water partition coefficient (Wildman–Crippen LogP) is 4.62. The number of carboxylic acids is 1. The van der Waals surface area contributed by atoms with Crippen molar-refractivity contribution < 1.29 is 29.0 Å². The van der Waals surface area contributed by atoms with E-state index in [2.05, 4.69) is 12.2 Å². The van der Waals surface area contributed by atoms with E-state index in [1.807, 2.05) is 6.92 Å². The highest BCUT2D eigenvalue weighted by molar-refractivity contribution is 5.85. The summed E-state index contributed by atoms with van der Waals surface area (Å²) in [7, 11) is 0. The molecule has 0 aliphatic carbocycles. The summed E-state index contributed by atoms with van der Waals surface area (Å²) >= 11 is 0. The zero-order chi connectivity index (χ0) is 22.5. The lowest BCUT2D eigenvalue weighted by Gasteiger charge is -2.14. The standard InChI is InChI=1S/C23H43NO6/c1-3-5-6-7-8-9-10-11-12-13-18-29-19-16-20(23(27)28)24-21(25)14-15-22(26)30-17-4-2/h20H,3-19H2,1-2H3,(H,24,25)(H,27,28). The van der Waals surface area contributed by atoms with Crippen LogP contribution in [0.1, 0.15) is 104 Å². The topological polar surface area (TPSA) is 102 Å². The molecular formula is C23H43NO6. The third-order valence-electron chi connectivity index (χ3n) is 4.85. The summed E-state index contributed by atoms with van der Waals surface area (Å²) in [6.45, 7) is 5.34. The first-order valence-corrected chi connectivity index (χ1v) is 11.8. The Bertz CT molecular complexity index is 455. The van der Waals surface area contributed by atoms with E-state index in [1.54, 1.807) is 0 Å². The van der Waals surface area contributed by atoms with E-state index in [0.717, 1.165) is 19.3 Å². The Kier molecular flexibility index (Phi) is 19.5. The number of ether oxygens (including phenoxy) is 2. The van der Waals surface area contributed by atoms with Crippen LogP contribution in [-0.2, 0) is 23.9 Å². The van der Waals surface area contributed by atoms with Crippen molar-refractivity contribution in [2.24, 2.45) is 0 Å². The van der Waals surface area contributed by atoms with E-state index in [4.69, 9.17) is 9.47 Å². The fourth-order valence-corrected chi connectivity index (χ4v) is 3.02. The molecule has 0 aromatic heterocycles. The molecule has 7 nitrogen and oxygen atoms in total. The minimum Gasteiger partial charge on any atom is -0.480 e. The molecule has 1 atom stereocenters. The number of amides is 1. The van der Waals surface area contributed by atoms with Crippen LogP contribution in [0.2, 0.25) is 0 Å². The summed E-state index contributed by atoms with van der Waals surface area (Å²) in [6.07, 6.45) is 13.4. The van der Waals surface area contributed by atoms with E-state index in [9.17, 15) is 19.5 Å². The molecule has 1 unspecified atom stereocenters. The smallest absolute Gasteiger partial charge is 0.326 e. The Labute approximate surface area is 182 Å². The first-order chi connectivity index (χ1) is 14.5. The molecule has 0 fully saturated rings. The number of carbonyl (C=O) groups excluding carboxylic acids is 2. The van der Waals surface area contributed by atoms with Gasteiger partial charge in [-0.2, -0.15) is 0 Å². The normalized spacial score (nSPS) is 11.8.